The molecular weight excluding hydrogens is 198 g/mol. The Morgan fingerprint density at radius 3 is 2.75 bits per heavy atom. The molecule has 1 atom stereocenters. The lowest BCUT2D eigenvalue weighted by Gasteiger charge is -2.20. The van der Waals surface area contributed by atoms with Crippen molar-refractivity contribution in [2.45, 2.75) is 19.4 Å². The van der Waals surface area contributed by atoms with Crippen molar-refractivity contribution in [2.24, 2.45) is 11.5 Å². The van der Waals surface area contributed by atoms with Crippen LogP contribution in [-0.2, 0) is 6.42 Å². The third-order valence-corrected chi connectivity index (χ3v) is 2.71. The molecule has 0 aromatic heterocycles. The molecule has 90 valence electrons. The second-order valence-corrected chi connectivity index (χ2v) is 4.50. The highest BCUT2D eigenvalue weighted by Crippen LogP contribution is 2.05. The first-order chi connectivity index (χ1) is 7.61. The van der Waals surface area contributed by atoms with Gasteiger partial charge in [-0.2, -0.15) is 0 Å². The zero-order chi connectivity index (χ0) is 12.0. The normalized spacial score (nSPS) is 13.1. The van der Waals surface area contributed by atoms with Gasteiger partial charge in [-0.1, -0.05) is 29.8 Å². The molecule has 0 fully saturated rings. The summed E-state index contributed by atoms with van der Waals surface area (Å²) in [6, 6.07) is 8.72. The fourth-order valence-corrected chi connectivity index (χ4v) is 1.75. The Bertz CT molecular complexity index is 312. The summed E-state index contributed by atoms with van der Waals surface area (Å²) >= 11 is 0. The van der Waals surface area contributed by atoms with E-state index in [1.54, 1.807) is 0 Å². The van der Waals surface area contributed by atoms with Crippen molar-refractivity contribution in [3.8, 4) is 0 Å². The van der Waals surface area contributed by atoms with Crippen molar-refractivity contribution >= 4 is 0 Å². The van der Waals surface area contributed by atoms with Crippen LogP contribution in [0, 0.1) is 6.92 Å². The molecule has 0 heterocycles. The third-order valence-electron chi connectivity index (χ3n) is 2.71. The van der Waals surface area contributed by atoms with E-state index < -0.39 is 0 Å². The van der Waals surface area contributed by atoms with Crippen LogP contribution in [0.4, 0.5) is 0 Å². The minimum Gasteiger partial charge on any atom is -0.329 e. The van der Waals surface area contributed by atoms with Crippen LogP contribution in [0.25, 0.3) is 0 Å². The van der Waals surface area contributed by atoms with Crippen LogP contribution < -0.4 is 11.5 Å². The van der Waals surface area contributed by atoms with Gasteiger partial charge >= 0.3 is 0 Å². The molecule has 0 aliphatic heterocycles. The summed E-state index contributed by atoms with van der Waals surface area (Å²) < 4.78 is 0. The highest BCUT2D eigenvalue weighted by atomic mass is 15.1. The molecule has 0 saturated carbocycles. The van der Waals surface area contributed by atoms with Crippen molar-refractivity contribution in [3.63, 3.8) is 0 Å². The van der Waals surface area contributed by atoms with E-state index in [4.69, 9.17) is 11.5 Å². The lowest BCUT2D eigenvalue weighted by molar-refractivity contribution is 0.316. The molecule has 4 N–H and O–H groups in total. The van der Waals surface area contributed by atoms with Gasteiger partial charge in [0.1, 0.15) is 0 Å². The molecule has 0 aliphatic carbocycles. The van der Waals surface area contributed by atoms with E-state index in [9.17, 15) is 0 Å². The van der Waals surface area contributed by atoms with Crippen LogP contribution in [0.1, 0.15) is 11.1 Å². The molecule has 16 heavy (non-hydrogen) atoms. The van der Waals surface area contributed by atoms with Crippen LogP contribution in [-0.4, -0.2) is 37.6 Å². The molecule has 1 unspecified atom stereocenters. The van der Waals surface area contributed by atoms with Crippen LogP contribution in [0.2, 0.25) is 0 Å². The van der Waals surface area contributed by atoms with Crippen LogP contribution >= 0.6 is 0 Å². The topological polar surface area (TPSA) is 55.3 Å². The molecule has 1 aromatic carbocycles. The minimum atomic E-state index is 0.0857. The fraction of sp³-hybridized carbons (Fsp3) is 0.538. The lowest BCUT2D eigenvalue weighted by atomic mass is 10.1. The molecular formula is C13H23N3. The van der Waals surface area contributed by atoms with Crippen molar-refractivity contribution < 1.29 is 0 Å². The van der Waals surface area contributed by atoms with Crippen molar-refractivity contribution in [1.82, 2.24) is 4.90 Å². The Labute approximate surface area is 98.4 Å². The van der Waals surface area contributed by atoms with Gasteiger partial charge in [0.25, 0.3) is 0 Å². The third kappa shape index (κ3) is 4.75. The fourth-order valence-electron chi connectivity index (χ4n) is 1.75. The van der Waals surface area contributed by atoms with E-state index in [0.717, 1.165) is 19.5 Å². The maximum atomic E-state index is 5.80. The summed E-state index contributed by atoms with van der Waals surface area (Å²) in [5.74, 6) is 0. The van der Waals surface area contributed by atoms with Gasteiger partial charge in [-0.15, -0.1) is 0 Å². The van der Waals surface area contributed by atoms with Crippen molar-refractivity contribution in [1.29, 1.82) is 0 Å². The number of nitrogens with zero attached hydrogens (tertiary/aromatic N) is 1. The minimum absolute atomic E-state index is 0.0857. The Morgan fingerprint density at radius 1 is 1.38 bits per heavy atom. The number of likely N-dealkylation sites (N-methyl/N-ethyl adjacent to an activating group) is 1. The first-order valence-corrected chi connectivity index (χ1v) is 5.81. The van der Waals surface area contributed by atoms with Crippen molar-refractivity contribution in [3.05, 3.63) is 35.4 Å². The Hall–Kier alpha value is -0.900. The predicted octanol–water partition coefficient (Wildman–Crippen LogP) is 0.755. The highest BCUT2D eigenvalue weighted by Gasteiger charge is 2.04. The molecule has 3 heteroatoms. The lowest BCUT2D eigenvalue weighted by Crippen LogP contribution is -2.41. The molecule has 1 aromatic rings. The number of aryl methyl sites for hydroxylation is 1. The molecule has 0 saturated heterocycles. The van der Waals surface area contributed by atoms with E-state index in [0.29, 0.717) is 6.54 Å². The summed E-state index contributed by atoms with van der Waals surface area (Å²) in [5.41, 5.74) is 14.0. The summed E-state index contributed by atoms with van der Waals surface area (Å²) in [4.78, 5) is 2.24. The number of rotatable bonds is 6. The Balaban J connectivity index is 2.34. The van der Waals surface area contributed by atoms with Gasteiger partial charge in [-0.25, -0.2) is 0 Å². The summed E-state index contributed by atoms with van der Waals surface area (Å²) in [6.45, 7) is 4.56. The second kappa shape index (κ2) is 6.63. The number of nitrogens with two attached hydrogens (primary N) is 2. The first-order valence-electron chi connectivity index (χ1n) is 5.81. The van der Waals surface area contributed by atoms with E-state index in [2.05, 4.69) is 43.1 Å². The van der Waals surface area contributed by atoms with Crippen LogP contribution in [0.15, 0.2) is 24.3 Å². The number of benzene rings is 1. The van der Waals surface area contributed by atoms with Gasteiger partial charge in [0.2, 0.25) is 0 Å². The van der Waals surface area contributed by atoms with Gasteiger partial charge in [0, 0.05) is 25.7 Å². The van der Waals surface area contributed by atoms with E-state index in [1.165, 1.54) is 11.1 Å². The van der Waals surface area contributed by atoms with E-state index in [-0.39, 0.29) is 6.04 Å². The number of hydrogen-bond donors (Lipinski definition) is 2. The summed E-state index contributed by atoms with van der Waals surface area (Å²) in [5, 5.41) is 0. The van der Waals surface area contributed by atoms with Gasteiger partial charge in [-0.3, -0.25) is 0 Å². The maximum Gasteiger partial charge on any atom is 0.0292 e. The molecule has 0 amide bonds. The quantitative estimate of drug-likeness (QED) is 0.745. The SMILES string of the molecule is Cc1cccc(CCN(C)CC(N)CN)c1. The zero-order valence-corrected chi connectivity index (χ0v) is 10.3. The zero-order valence-electron chi connectivity index (χ0n) is 10.3. The monoisotopic (exact) mass is 221 g/mol. The predicted molar refractivity (Wildman–Crippen MR) is 69.4 cm³/mol. The first kappa shape index (κ1) is 13.2. The average molecular weight is 221 g/mol. The van der Waals surface area contributed by atoms with Gasteiger partial charge in [0.05, 0.1) is 0 Å². The van der Waals surface area contributed by atoms with Gasteiger partial charge in [-0.05, 0) is 26.0 Å². The van der Waals surface area contributed by atoms with E-state index in [1.807, 2.05) is 0 Å². The molecule has 0 spiro atoms. The second-order valence-electron chi connectivity index (χ2n) is 4.50. The van der Waals surface area contributed by atoms with Gasteiger partial charge < -0.3 is 16.4 Å². The Morgan fingerprint density at radius 2 is 2.12 bits per heavy atom. The molecule has 0 bridgehead atoms. The average Bonchev–Trinajstić information content (AvgIpc) is 2.26. The Kier molecular flexibility index (Phi) is 5.46. The molecule has 1 rings (SSSR count). The molecule has 3 nitrogen and oxygen atoms in total. The number of hydrogen-bond acceptors (Lipinski definition) is 3. The smallest absolute Gasteiger partial charge is 0.0292 e. The maximum absolute atomic E-state index is 5.80. The van der Waals surface area contributed by atoms with Crippen LogP contribution in [0.5, 0.6) is 0 Å². The largest absolute Gasteiger partial charge is 0.329 e. The van der Waals surface area contributed by atoms with Gasteiger partial charge in [0.15, 0.2) is 0 Å². The summed E-state index contributed by atoms with van der Waals surface area (Å²) in [6.07, 6.45) is 1.06. The summed E-state index contributed by atoms with van der Waals surface area (Å²) in [7, 11) is 2.09. The molecule has 0 aliphatic rings. The van der Waals surface area contributed by atoms with Crippen LogP contribution in [0.3, 0.4) is 0 Å². The standard InChI is InChI=1S/C13H23N3/c1-11-4-3-5-12(8-11)6-7-16(2)10-13(15)9-14/h3-5,8,13H,6-7,9-10,14-15H2,1-2H3. The van der Waals surface area contributed by atoms with E-state index >= 15 is 0 Å². The van der Waals surface area contributed by atoms with Crippen molar-refractivity contribution in [2.75, 3.05) is 26.7 Å². The molecule has 0 radical (unpaired) electrons. The highest BCUT2D eigenvalue weighted by molar-refractivity contribution is 5.22.